The van der Waals surface area contributed by atoms with Crippen LogP contribution in [0.15, 0.2) is 54.1 Å². The molecule has 1 heterocycles. The Morgan fingerprint density at radius 1 is 0.971 bits per heavy atom. The second-order valence-corrected chi connectivity index (χ2v) is 8.90. The van der Waals surface area contributed by atoms with Crippen molar-refractivity contribution in [2.45, 2.75) is 45.8 Å². The van der Waals surface area contributed by atoms with Crippen molar-refractivity contribution in [3.8, 4) is 11.5 Å². The third-order valence-corrected chi connectivity index (χ3v) is 6.24. The number of ketones is 1. The first-order chi connectivity index (χ1) is 16.2. The number of methoxy groups -OCH3 is 2. The summed E-state index contributed by atoms with van der Waals surface area (Å²) in [5.74, 6) is -0.481. The molecule has 2 aromatic rings. The smallest absolute Gasteiger partial charge is 0.295 e. The average molecular weight is 467 g/mol. The highest BCUT2D eigenvalue weighted by atomic mass is 16.5. The molecule has 1 saturated heterocycles. The van der Waals surface area contributed by atoms with Crippen LogP contribution in [0.2, 0.25) is 0 Å². The number of ether oxygens (including phenoxy) is 2. The SMILES string of the molecule is COc1ccc(C2/C(=C(\O)c3ccccc3)C(=O)C(=O)N2CCN(C(C)C)C(C)C)cc1OC. The minimum atomic E-state index is -0.749. The van der Waals surface area contributed by atoms with E-state index in [1.807, 2.05) is 6.07 Å². The molecule has 1 atom stereocenters. The molecule has 7 nitrogen and oxygen atoms in total. The van der Waals surface area contributed by atoms with Gasteiger partial charge in [0.1, 0.15) is 5.76 Å². The van der Waals surface area contributed by atoms with Gasteiger partial charge < -0.3 is 19.5 Å². The summed E-state index contributed by atoms with van der Waals surface area (Å²) < 4.78 is 10.8. The number of amides is 1. The summed E-state index contributed by atoms with van der Waals surface area (Å²) >= 11 is 0. The van der Waals surface area contributed by atoms with E-state index in [0.717, 1.165) is 0 Å². The average Bonchev–Trinajstić information content (AvgIpc) is 3.08. The highest BCUT2D eigenvalue weighted by Gasteiger charge is 2.46. The predicted molar refractivity (Wildman–Crippen MR) is 132 cm³/mol. The van der Waals surface area contributed by atoms with Crippen LogP contribution in [0.1, 0.15) is 44.9 Å². The molecule has 7 heteroatoms. The van der Waals surface area contributed by atoms with Crippen molar-refractivity contribution in [1.29, 1.82) is 0 Å². The van der Waals surface area contributed by atoms with Crippen LogP contribution in [0.3, 0.4) is 0 Å². The number of rotatable bonds is 9. The molecule has 1 aliphatic heterocycles. The monoisotopic (exact) mass is 466 g/mol. The number of aliphatic hydroxyl groups excluding tert-OH is 1. The molecule has 1 unspecified atom stereocenters. The standard InChI is InChI=1S/C27H34N2O5/c1-17(2)28(18(3)4)14-15-29-24(20-12-13-21(33-5)22(16-20)34-6)23(26(31)27(29)32)25(30)19-10-8-7-9-11-19/h7-13,16-18,24,30H,14-15H2,1-6H3/b25-23+. The minimum Gasteiger partial charge on any atom is -0.507 e. The van der Waals surface area contributed by atoms with Gasteiger partial charge in [0.25, 0.3) is 11.7 Å². The summed E-state index contributed by atoms with van der Waals surface area (Å²) in [7, 11) is 3.08. The van der Waals surface area contributed by atoms with E-state index in [2.05, 4.69) is 32.6 Å². The van der Waals surface area contributed by atoms with Crippen LogP contribution in [0.4, 0.5) is 0 Å². The van der Waals surface area contributed by atoms with Crippen LogP contribution in [-0.4, -0.2) is 66.0 Å². The first-order valence-electron chi connectivity index (χ1n) is 11.5. The molecule has 182 valence electrons. The molecular weight excluding hydrogens is 432 g/mol. The summed E-state index contributed by atoms with van der Waals surface area (Å²) in [5, 5.41) is 11.2. The highest BCUT2D eigenvalue weighted by molar-refractivity contribution is 6.46. The first-order valence-corrected chi connectivity index (χ1v) is 11.5. The molecule has 0 aromatic heterocycles. The van der Waals surface area contributed by atoms with Crippen molar-refractivity contribution in [2.24, 2.45) is 0 Å². The third-order valence-electron chi connectivity index (χ3n) is 6.24. The highest BCUT2D eigenvalue weighted by Crippen LogP contribution is 2.41. The van der Waals surface area contributed by atoms with E-state index in [-0.39, 0.29) is 23.4 Å². The summed E-state index contributed by atoms with van der Waals surface area (Å²) in [5.41, 5.74) is 1.22. The lowest BCUT2D eigenvalue weighted by Gasteiger charge is -2.33. The fourth-order valence-electron chi connectivity index (χ4n) is 4.57. The van der Waals surface area contributed by atoms with Crippen molar-refractivity contribution < 1.29 is 24.2 Å². The van der Waals surface area contributed by atoms with Crippen molar-refractivity contribution >= 4 is 17.4 Å². The number of nitrogens with zero attached hydrogens (tertiary/aromatic N) is 2. The molecule has 0 spiro atoms. The molecule has 0 saturated carbocycles. The summed E-state index contributed by atoms with van der Waals surface area (Å²) in [6.45, 7) is 9.36. The van der Waals surface area contributed by atoms with Gasteiger partial charge in [-0.1, -0.05) is 36.4 Å². The topological polar surface area (TPSA) is 79.3 Å². The van der Waals surface area contributed by atoms with Crippen LogP contribution in [0.25, 0.3) is 5.76 Å². The Kier molecular flexibility index (Phi) is 7.99. The van der Waals surface area contributed by atoms with Gasteiger partial charge in [0.2, 0.25) is 0 Å². The van der Waals surface area contributed by atoms with Crippen molar-refractivity contribution in [3.63, 3.8) is 0 Å². The van der Waals surface area contributed by atoms with Gasteiger partial charge in [-0.15, -0.1) is 0 Å². The largest absolute Gasteiger partial charge is 0.507 e. The van der Waals surface area contributed by atoms with Crippen LogP contribution in [-0.2, 0) is 9.59 Å². The lowest BCUT2D eigenvalue weighted by atomic mass is 9.95. The Morgan fingerprint density at radius 3 is 2.15 bits per heavy atom. The number of carbonyl (C=O) groups excluding carboxylic acids is 2. The Hall–Kier alpha value is -3.32. The van der Waals surface area contributed by atoms with Gasteiger partial charge in [0, 0.05) is 30.7 Å². The van der Waals surface area contributed by atoms with E-state index < -0.39 is 17.7 Å². The maximum Gasteiger partial charge on any atom is 0.295 e. The number of benzene rings is 2. The zero-order valence-corrected chi connectivity index (χ0v) is 20.7. The van der Waals surface area contributed by atoms with Gasteiger partial charge >= 0.3 is 0 Å². The van der Waals surface area contributed by atoms with Gasteiger partial charge in [-0.3, -0.25) is 14.5 Å². The molecule has 1 amide bonds. The van der Waals surface area contributed by atoms with Crippen LogP contribution >= 0.6 is 0 Å². The number of hydrogen-bond donors (Lipinski definition) is 1. The molecular formula is C27H34N2O5. The van der Waals surface area contributed by atoms with Gasteiger partial charge in [-0.05, 0) is 45.4 Å². The molecule has 0 aliphatic carbocycles. The molecule has 0 radical (unpaired) electrons. The number of likely N-dealkylation sites (tertiary alicyclic amines) is 1. The zero-order chi connectivity index (χ0) is 25.0. The molecule has 34 heavy (non-hydrogen) atoms. The van der Waals surface area contributed by atoms with Crippen molar-refractivity contribution in [2.75, 3.05) is 27.3 Å². The van der Waals surface area contributed by atoms with E-state index in [0.29, 0.717) is 35.7 Å². The lowest BCUT2D eigenvalue weighted by molar-refractivity contribution is -0.140. The first kappa shape index (κ1) is 25.3. The molecule has 3 rings (SSSR count). The zero-order valence-electron chi connectivity index (χ0n) is 20.7. The van der Waals surface area contributed by atoms with E-state index in [4.69, 9.17) is 9.47 Å². The summed E-state index contributed by atoms with van der Waals surface area (Å²) in [4.78, 5) is 30.3. The van der Waals surface area contributed by atoms with Crippen LogP contribution in [0, 0.1) is 0 Å². The van der Waals surface area contributed by atoms with E-state index >= 15 is 0 Å². The van der Waals surface area contributed by atoms with Crippen molar-refractivity contribution in [1.82, 2.24) is 9.80 Å². The van der Waals surface area contributed by atoms with E-state index in [1.165, 1.54) is 7.11 Å². The van der Waals surface area contributed by atoms with Gasteiger partial charge in [-0.2, -0.15) is 0 Å². The van der Waals surface area contributed by atoms with Crippen LogP contribution < -0.4 is 9.47 Å². The fourth-order valence-corrected chi connectivity index (χ4v) is 4.57. The maximum atomic E-state index is 13.2. The third kappa shape index (κ3) is 4.94. The number of hydrogen-bond acceptors (Lipinski definition) is 6. The second kappa shape index (κ2) is 10.7. The van der Waals surface area contributed by atoms with Crippen molar-refractivity contribution in [3.05, 3.63) is 65.2 Å². The number of aliphatic hydroxyl groups is 1. The molecule has 1 fully saturated rings. The van der Waals surface area contributed by atoms with E-state index in [1.54, 1.807) is 54.5 Å². The Labute approximate surface area is 201 Å². The molecule has 0 bridgehead atoms. The van der Waals surface area contributed by atoms with Crippen LogP contribution in [0.5, 0.6) is 11.5 Å². The normalized spacial score (nSPS) is 17.8. The summed E-state index contributed by atoms with van der Waals surface area (Å²) in [6.07, 6.45) is 0. The van der Waals surface area contributed by atoms with Gasteiger partial charge in [0.15, 0.2) is 11.5 Å². The molecule has 1 N–H and O–H groups in total. The number of Topliss-reactive ketones (excluding diaryl/α,β-unsaturated/α-hetero) is 1. The van der Waals surface area contributed by atoms with Gasteiger partial charge in [0.05, 0.1) is 25.8 Å². The Bertz CT molecular complexity index is 1050. The minimum absolute atomic E-state index is 0.0732. The Morgan fingerprint density at radius 2 is 1.59 bits per heavy atom. The lowest BCUT2D eigenvalue weighted by Crippen LogP contribution is -2.43. The van der Waals surface area contributed by atoms with E-state index in [9.17, 15) is 14.7 Å². The second-order valence-electron chi connectivity index (χ2n) is 8.90. The Balaban J connectivity index is 2.13. The molecule has 1 aliphatic rings. The summed E-state index contributed by atoms with van der Waals surface area (Å²) in [6, 6.07) is 13.9. The maximum absolute atomic E-state index is 13.2. The van der Waals surface area contributed by atoms with Gasteiger partial charge in [-0.25, -0.2) is 0 Å². The quantitative estimate of drug-likeness (QED) is 0.338. The fraction of sp³-hybridized carbons (Fsp3) is 0.407. The predicted octanol–water partition coefficient (Wildman–Crippen LogP) is 4.24. The molecule has 2 aromatic carbocycles. The number of carbonyl (C=O) groups is 2.